The van der Waals surface area contributed by atoms with Crippen molar-refractivity contribution in [3.63, 3.8) is 0 Å². The summed E-state index contributed by atoms with van der Waals surface area (Å²) in [5, 5.41) is 0.194. The van der Waals surface area contributed by atoms with Gasteiger partial charge in [0, 0.05) is 17.3 Å². The molecule has 9 heavy (non-hydrogen) atoms. The van der Waals surface area contributed by atoms with Crippen molar-refractivity contribution in [1.29, 1.82) is 0 Å². The second kappa shape index (κ2) is 3.78. The van der Waals surface area contributed by atoms with Crippen molar-refractivity contribution in [1.82, 2.24) is 0 Å². The van der Waals surface area contributed by atoms with Crippen molar-refractivity contribution in [2.75, 3.05) is 17.3 Å². The minimum Gasteiger partial charge on any atom is -0.286 e. The highest BCUT2D eigenvalue weighted by atomic mass is 32.2. The molecule has 0 N–H and O–H groups in total. The fourth-order valence-electron chi connectivity index (χ4n) is 0.630. The van der Waals surface area contributed by atoms with E-state index in [0.717, 1.165) is 11.5 Å². The first-order valence-corrected chi connectivity index (χ1v) is 5.38. The second-order valence-electron chi connectivity index (χ2n) is 1.77. The SMILES string of the molecule is O=C(S)C1CSCCS1. The summed E-state index contributed by atoms with van der Waals surface area (Å²) < 4.78 is 0. The van der Waals surface area contributed by atoms with Crippen molar-refractivity contribution in [3.8, 4) is 0 Å². The smallest absolute Gasteiger partial charge is 0.199 e. The molecule has 4 heteroatoms. The molecule has 1 rings (SSSR count). The van der Waals surface area contributed by atoms with E-state index in [2.05, 4.69) is 12.6 Å². The number of hydrogen-bond donors (Lipinski definition) is 1. The van der Waals surface area contributed by atoms with Gasteiger partial charge in [0.15, 0.2) is 5.12 Å². The van der Waals surface area contributed by atoms with Crippen LogP contribution in [0.25, 0.3) is 0 Å². The summed E-state index contributed by atoms with van der Waals surface area (Å²) in [4.78, 5) is 10.6. The Morgan fingerprint density at radius 3 is 2.67 bits per heavy atom. The van der Waals surface area contributed by atoms with E-state index >= 15 is 0 Å². The first-order chi connectivity index (χ1) is 4.30. The van der Waals surface area contributed by atoms with Crippen LogP contribution >= 0.6 is 36.2 Å². The van der Waals surface area contributed by atoms with E-state index in [1.807, 2.05) is 11.8 Å². The highest BCUT2D eigenvalue weighted by Crippen LogP contribution is 2.25. The van der Waals surface area contributed by atoms with Crippen molar-refractivity contribution >= 4 is 41.3 Å². The third-order valence-corrected chi connectivity index (χ3v) is 4.33. The Bertz CT molecular complexity index is 109. The van der Waals surface area contributed by atoms with Gasteiger partial charge in [-0.3, -0.25) is 4.79 Å². The Hall–Kier alpha value is 0.720. The molecule has 1 nitrogen and oxygen atoms in total. The number of carbonyl (C=O) groups is 1. The second-order valence-corrected chi connectivity index (χ2v) is 4.67. The van der Waals surface area contributed by atoms with Crippen molar-refractivity contribution < 1.29 is 4.79 Å². The minimum atomic E-state index is 0.0344. The minimum absolute atomic E-state index is 0.0344. The molecule has 0 aromatic carbocycles. The Balaban J connectivity index is 2.31. The Morgan fingerprint density at radius 2 is 2.33 bits per heavy atom. The topological polar surface area (TPSA) is 17.1 Å². The van der Waals surface area contributed by atoms with Crippen LogP contribution in [0.1, 0.15) is 0 Å². The fraction of sp³-hybridized carbons (Fsp3) is 0.800. The van der Waals surface area contributed by atoms with Crippen molar-refractivity contribution in [3.05, 3.63) is 0 Å². The Morgan fingerprint density at radius 1 is 1.56 bits per heavy atom. The summed E-state index contributed by atoms with van der Waals surface area (Å²) in [6.45, 7) is 0. The summed E-state index contributed by atoms with van der Waals surface area (Å²) in [5.41, 5.74) is 0. The van der Waals surface area contributed by atoms with Crippen LogP contribution in [-0.2, 0) is 4.79 Å². The van der Waals surface area contributed by atoms with E-state index < -0.39 is 0 Å². The fourth-order valence-corrected chi connectivity index (χ4v) is 3.56. The molecule has 0 bridgehead atoms. The van der Waals surface area contributed by atoms with E-state index in [1.165, 1.54) is 5.75 Å². The molecule has 1 atom stereocenters. The quantitative estimate of drug-likeness (QED) is 0.613. The first-order valence-electron chi connectivity index (χ1n) is 2.73. The Kier molecular flexibility index (Phi) is 3.29. The molecule has 1 fully saturated rings. The van der Waals surface area contributed by atoms with Crippen LogP contribution in [0, 0.1) is 0 Å². The molecule has 1 aliphatic rings. The highest BCUT2D eigenvalue weighted by molar-refractivity contribution is 8.09. The van der Waals surface area contributed by atoms with Gasteiger partial charge in [-0.15, -0.1) is 24.4 Å². The molecule has 1 heterocycles. The van der Waals surface area contributed by atoms with Crippen molar-refractivity contribution in [2.24, 2.45) is 0 Å². The normalized spacial score (nSPS) is 27.9. The van der Waals surface area contributed by atoms with E-state index in [-0.39, 0.29) is 10.4 Å². The van der Waals surface area contributed by atoms with Gasteiger partial charge >= 0.3 is 0 Å². The molecular formula is C5H8OS3. The monoisotopic (exact) mass is 180 g/mol. The predicted octanol–water partition coefficient (Wildman–Crippen LogP) is 1.29. The predicted molar refractivity (Wildman–Crippen MR) is 47.6 cm³/mol. The van der Waals surface area contributed by atoms with E-state index in [4.69, 9.17) is 0 Å². The average molecular weight is 180 g/mol. The number of thioether (sulfide) groups is 2. The van der Waals surface area contributed by atoms with Crippen LogP contribution in [0.4, 0.5) is 0 Å². The van der Waals surface area contributed by atoms with Crippen LogP contribution < -0.4 is 0 Å². The molecule has 0 spiro atoms. The summed E-state index contributed by atoms with van der Waals surface area (Å²) in [6.07, 6.45) is 0. The summed E-state index contributed by atoms with van der Waals surface area (Å²) >= 11 is 7.33. The van der Waals surface area contributed by atoms with Crippen molar-refractivity contribution in [2.45, 2.75) is 5.25 Å². The van der Waals surface area contributed by atoms with Gasteiger partial charge in [0.25, 0.3) is 0 Å². The lowest BCUT2D eigenvalue weighted by Crippen LogP contribution is -2.19. The van der Waals surface area contributed by atoms with Gasteiger partial charge in [-0.25, -0.2) is 0 Å². The molecule has 52 valence electrons. The maximum absolute atomic E-state index is 10.6. The molecule has 1 unspecified atom stereocenters. The zero-order valence-corrected chi connectivity index (χ0v) is 7.40. The molecule has 0 radical (unpaired) electrons. The molecule has 1 aliphatic heterocycles. The molecule has 0 aromatic rings. The first kappa shape index (κ1) is 7.82. The summed E-state index contributed by atoms with van der Waals surface area (Å²) in [5.74, 6) is 3.23. The van der Waals surface area contributed by atoms with E-state index in [0.29, 0.717) is 0 Å². The number of rotatable bonds is 1. The Labute approximate surface area is 68.8 Å². The molecule has 0 aromatic heterocycles. The third-order valence-electron chi connectivity index (χ3n) is 1.09. The van der Waals surface area contributed by atoms with Crippen LogP contribution in [0.5, 0.6) is 0 Å². The molecule has 0 saturated carbocycles. The summed E-state index contributed by atoms with van der Waals surface area (Å²) in [6, 6.07) is 0. The summed E-state index contributed by atoms with van der Waals surface area (Å²) in [7, 11) is 0. The molecule has 1 saturated heterocycles. The zero-order chi connectivity index (χ0) is 6.69. The lowest BCUT2D eigenvalue weighted by Gasteiger charge is -2.16. The van der Waals surface area contributed by atoms with Gasteiger partial charge < -0.3 is 0 Å². The van der Waals surface area contributed by atoms with Gasteiger partial charge in [-0.2, -0.15) is 11.8 Å². The van der Waals surface area contributed by atoms with Crippen LogP contribution in [0.2, 0.25) is 0 Å². The van der Waals surface area contributed by atoms with Crippen LogP contribution in [-0.4, -0.2) is 27.6 Å². The largest absolute Gasteiger partial charge is 0.286 e. The van der Waals surface area contributed by atoms with Gasteiger partial charge in [-0.05, 0) is 0 Å². The maximum Gasteiger partial charge on any atom is 0.199 e. The number of carbonyl (C=O) groups excluding carboxylic acids is 1. The van der Waals surface area contributed by atoms with Gasteiger partial charge in [0.1, 0.15) is 0 Å². The molecule has 0 amide bonds. The number of hydrogen-bond acceptors (Lipinski definition) is 3. The zero-order valence-electron chi connectivity index (χ0n) is 4.87. The maximum atomic E-state index is 10.6. The molecule has 0 aliphatic carbocycles. The van der Waals surface area contributed by atoms with Gasteiger partial charge in [-0.1, -0.05) is 0 Å². The van der Waals surface area contributed by atoms with E-state index in [9.17, 15) is 4.79 Å². The van der Waals surface area contributed by atoms with Gasteiger partial charge in [0.2, 0.25) is 0 Å². The standard InChI is InChI=1S/C5H8OS3/c6-5(7)4-3-8-1-2-9-4/h4H,1-3H2,(H,6,7). The highest BCUT2D eigenvalue weighted by Gasteiger charge is 2.18. The average Bonchev–Trinajstić information content (AvgIpc) is 1.90. The van der Waals surface area contributed by atoms with E-state index in [1.54, 1.807) is 11.8 Å². The van der Waals surface area contributed by atoms with Gasteiger partial charge in [0.05, 0.1) is 5.25 Å². The lowest BCUT2D eigenvalue weighted by molar-refractivity contribution is -0.110. The third kappa shape index (κ3) is 2.43. The molecular weight excluding hydrogens is 172 g/mol. The van der Waals surface area contributed by atoms with Crippen LogP contribution in [0.3, 0.4) is 0 Å². The lowest BCUT2D eigenvalue weighted by atomic mass is 10.5. The van der Waals surface area contributed by atoms with Crippen LogP contribution in [0.15, 0.2) is 0 Å². The number of thiol groups is 1.